The summed E-state index contributed by atoms with van der Waals surface area (Å²) in [5, 5.41) is 5.51. The Morgan fingerprint density at radius 3 is 2.73 bits per heavy atom. The molecule has 15 heavy (non-hydrogen) atoms. The lowest BCUT2D eigenvalue weighted by Gasteiger charge is -2.25. The van der Waals surface area contributed by atoms with Gasteiger partial charge in [-0.05, 0) is 37.8 Å². The first kappa shape index (κ1) is 13.0. The molecule has 0 aliphatic heterocycles. The second-order valence-electron chi connectivity index (χ2n) is 4.25. The lowest BCUT2D eigenvalue weighted by molar-refractivity contribution is 0.0214. The van der Waals surface area contributed by atoms with Crippen molar-refractivity contribution in [3.05, 3.63) is 21.3 Å². The highest BCUT2D eigenvalue weighted by molar-refractivity contribution is 7.14. The summed E-state index contributed by atoms with van der Waals surface area (Å²) in [5.41, 5.74) is 1.10. The molecule has 0 spiro atoms. The lowest BCUT2D eigenvalue weighted by Crippen LogP contribution is -2.37. The van der Waals surface area contributed by atoms with E-state index < -0.39 is 0 Å². The average Bonchev–Trinajstić information content (AvgIpc) is 2.61. The average molecular weight is 248 g/mol. The van der Waals surface area contributed by atoms with E-state index in [4.69, 9.17) is 16.3 Å². The molecule has 1 aromatic heterocycles. The third-order valence-corrected chi connectivity index (χ3v) is 3.58. The van der Waals surface area contributed by atoms with Crippen LogP contribution in [0.15, 0.2) is 11.4 Å². The zero-order chi connectivity index (χ0) is 11.5. The van der Waals surface area contributed by atoms with E-state index in [-0.39, 0.29) is 5.60 Å². The summed E-state index contributed by atoms with van der Waals surface area (Å²) in [7, 11) is 1.73. The number of thiophene rings is 1. The maximum atomic E-state index is 5.89. The predicted octanol–water partition coefficient (Wildman–Crippen LogP) is 3.48. The fourth-order valence-electron chi connectivity index (χ4n) is 1.14. The molecule has 2 nitrogen and oxygen atoms in total. The van der Waals surface area contributed by atoms with Crippen molar-refractivity contribution in [3.63, 3.8) is 0 Å². The molecule has 0 saturated carbocycles. The molecule has 0 amide bonds. The summed E-state index contributed by atoms with van der Waals surface area (Å²) < 4.78 is 6.18. The number of nitrogens with one attached hydrogen (secondary N) is 1. The molecule has 1 heterocycles. The summed E-state index contributed by atoms with van der Waals surface area (Å²) >= 11 is 7.45. The largest absolute Gasteiger partial charge is 0.377 e. The molecule has 0 aliphatic carbocycles. The predicted molar refractivity (Wildman–Crippen MR) is 66.8 cm³/mol. The Labute approximate surface area is 101 Å². The Morgan fingerprint density at radius 2 is 2.27 bits per heavy atom. The molecule has 1 aromatic rings. The third kappa shape index (κ3) is 4.11. The quantitative estimate of drug-likeness (QED) is 0.860. The highest BCUT2D eigenvalue weighted by Gasteiger charge is 2.17. The van der Waals surface area contributed by atoms with Gasteiger partial charge < -0.3 is 10.1 Å². The summed E-state index contributed by atoms with van der Waals surface area (Å²) in [4.78, 5) is 0. The van der Waals surface area contributed by atoms with Crippen molar-refractivity contribution in [2.75, 3.05) is 13.7 Å². The summed E-state index contributed by atoms with van der Waals surface area (Å²) in [6, 6.07) is 2.31. The van der Waals surface area contributed by atoms with Gasteiger partial charge in [-0.3, -0.25) is 0 Å². The summed E-state index contributed by atoms with van der Waals surface area (Å²) in [6.07, 6.45) is 0. The zero-order valence-electron chi connectivity index (χ0n) is 9.63. The first-order valence-corrected chi connectivity index (χ1v) is 6.23. The van der Waals surface area contributed by atoms with Crippen LogP contribution in [0, 0.1) is 0 Å². The van der Waals surface area contributed by atoms with Crippen LogP contribution in [-0.2, 0) is 4.74 Å². The molecule has 1 unspecified atom stereocenters. The second kappa shape index (κ2) is 5.30. The smallest absolute Gasteiger partial charge is 0.0931 e. The lowest BCUT2D eigenvalue weighted by atomic mass is 10.1. The van der Waals surface area contributed by atoms with Crippen molar-refractivity contribution in [3.8, 4) is 0 Å². The molecule has 0 aromatic carbocycles. The summed E-state index contributed by atoms with van der Waals surface area (Å²) in [5.74, 6) is 0. The van der Waals surface area contributed by atoms with Gasteiger partial charge >= 0.3 is 0 Å². The minimum atomic E-state index is -0.131. The number of halogens is 1. The van der Waals surface area contributed by atoms with Crippen molar-refractivity contribution < 1.29 is 4.74 Å². The maximum absolute atomic E-state index is 5.89. The Bertz CT molecular complexity index is 311. The Morgan fingerprint density at radius 1 is 1.60 bits per heavy atom. The molecule has 1 N–H and O–H groups in total. The van der Waals surface area contributed by atoms with Crippen LogP contribution >= 0.6 is 22.9 Å². The maximum Gasteiger partial charge on any atom is 0.0931 e. The molecule has 4 heteroatoms. The highest BCUT2D eigenvalue weighted by Crippen LogP contribution is 2.24. The van der Waals surface area contributed by atoms with Gasteiger partial charge in [-0.15, -0.1) is 11.3 Å². The van der Waals surface area contributed by atoms with Crippen LogP contribution in [0.2, 0.25) is 4.34 Å². The van der Waals surface area contributed by atoms with Crippen molar-refractivity contribution in [2.24, 2.45) is 0 Å². The van der Waals surface area contributed by atoms with Gasteiger partial charge in [0, 0.05) is 19.7 Å². The van der Waals surface area contributed by atoms with Crippen LogP contribution in [0.25, 0.3) is 0 Å². The van der Waals surface area contributed by atoms with E-state index in [1.807, 2.05) is 6.07 Å². The van der Waals surface area contributed by atoms with Gasteiger partial charge in [0.2, 0.25) is 0 Å². The van der Waals surface area contributed by atoms with Gasteiger partial charge in [0.05, 0.1) is 9.94 Å². The van der Waals surface area contributed by atoms with E-state index in [1.54, 1.807) is 18.4 Å². The number of rotatable bonds is 5. The topological polar surface area (TPSA) is 21.3 Å². The Hall–Kier alpha value is -0.0900. The highest BCUT2D eigenvalue weighted by atomic mass is 35.5. The van der Waals surface area contributed by atoms with E-state index >= 15 is 0 Å². The van der Waals surface area contributed by atoms with Crippen LogP contribution in [0.3, 0.4) is 0 Å². The van der Waals surface area contributed by atoms with Crippen LogP contribution in [-0.4, -0.2) is 19.3 Å². The van der Waals surface area contributed by atoms with E-state index in [1.165, 1.54) is 5.56 Å². The molecule has 0 aliphatic rings. The van der Waals surface area contributed by atoms with Crippen LogP contribution < -0.4 is 5.32 Å². The fourth-order valence-corrected chi connectivity index (χ4v) is 2.12. The normalized spacial score (nSPS) is 14.2. The van der Waals surface area contributed by atoms with Crippen molar-refractivity contribution in [1.82, 2.24) is 5.32 Å². The molecule has 86 valence electrons. The fraction of sp³-hybridized carbons (Fsp3) is 0.636. The molecule has 0 saturated heterocycles. The standard InChI is InChI=1S/C11H18ClNOS/c1-8(9-5-10(12)15-6-9)13-7-11(2,3)14-4/h5-6,8,13H,7H2,1-4H3. The monoisotopic (exact) mass is 247 g/mol. The molecular formula is C11H18ClNOS. The molecule has 1 rings (SSSR count). The van der Waals surface area contributed by atoms with Crippen molar-refractivity contribution >= 4 is 22.9 Å². The molecular weight excluding hydrogens is 230 g/mol. The minimum Gasteiger partial charge on any atom is -0.377 e. The van der Waals surface area contributed by atoms with Crippen LogP contribution in [0.1, 0.15) is 32.4 Å². The van der Waals surface area contributed by atoms with Crippen LogP contribution in [0.5, 0.6) is 0 Å². The summed E-state index contributed by atoms with van der Waals surface area (Å²) in [6.45, 7) is 7.07. The minimum absolute atomic E-state index is 0.131. The van der Waals surface area contributed by atoms with Crippen molar-refractivity contribution in [2.45, 2.75) is 32.4 Å². The second-order valence-corrected chi connectivity index (χ2v) is 5.79. The van der Waals surface area contributed by atoms with Gasteiger partial charge in [-0.25, -0.2) is 0 Å². The van der Waals surface area contributed by atoms with Gasteiger partial charge in [-0.2, -0.15) is 0 Å². The first-order valence-electron chi connectivity index (χ1n) is 4.97. The van der Waals surface area contributed by atoms with Crippen molar-refractivity contribution in [1.29, 1.82) is 0 Å². The van der Waals surface area contributed by atoms with E-state index in [9.17, 15) is 0 Å². The Kier molecular flexibility index (Phi) is 4.59. The van der Waals surface area contributed by atoms with Gasteiger partial charge in [0.25, 0.3) is 0 Å². The first-order chi connectivity index (χ1) is 6.94. The molecule has 1 atom stereocenters. The Balaban J connectivity index is 2.46. The van der Waals surface area contributed by atoms with E-state index in [0.717, 1.165) is 10.9 Å². The molecule has 0 bridgehead atoms. The number of methoxy groups -OCH3 is 1. The molecule has 0 radical (unpaired) electrons. The number of ether oxygens (including phenoxy) is 1. The van der Waals surface area contributed by atoms with E-state index in [2.05, 4.69) is 31.5 Å². The SMILES string of the molecule is COC(C)(C)CNC(C)c1csc(Cl)c1. The number of hydrogen-bond donors (Lipinski definition) is 1. The van der Waals surface area contributed by atoms with Gasteiger partial charge in [0.15, 0.2) is 0 Å². The van der Waals surface area contributed by atoms with Gasteiger partial charge in [-0.1, -0.05) is 11.6 Å². The molecule has 0 fully saturated rings. The zero-order valence-corrected chi connectivity index (χ0v) is 11.2. The third-order valence-electron chi connectivity index (χ3n) is 2.47. The van der Waals surface area contributed by atoms with Crippen LogP contribution in [0.4, 0.5) is 0 Å². The van der Waals surface area contributed by atoms with Gasteiger partial charge in [0.1, 0.15) is 0 Å². The van der Waals surface area contributed by atoms with E-state index in [0.29, 0.717) is 6.04 Å². The number of hydrogen-bond acceptors (Lipinski definition) is 3.